The van der Waals surface area contributed by atoms with Crippen LogP contribution in [0, 0.1) is 35.5 Å². The van der Waals surface area contributed by atoms with E-state index >= 15 is 0 Å². The Labute approximate surface area is 313 Å². The zero-order valence-corrected chi connectivity index (χ0v) is 37.2. The highest BCUT2D eigenvalue weighted by atomic mass is 31.1. The predicted molar refractivity (Wildman–Crippen MR) is 228 cm³/mol. The van der Waals surface area contributed by atoms with E-state index in [1.807, 2.05) is 21.5 Å². The van der Waals surface area contributed by atoms with Crippen LogP contribution in [0.1, 0.15) is 127 Å². The van der Waals surface area contributed by atoms with E-state index < -0.39 is 16.1 Å². The van der Waals surface area contributed by atoms with Crippen LogP contribution < -0.4 is 21.0 Å². The molecule has 2 nitrogen and oxygen atoms in total. The minimum atomic E-state index is -1.58. The lowest BCUT2D eigenvalue weighted by Crippen LogP contribution is -2.61. The Morgan fingerprint density at radius 2 is 1.00 bits per heavy atom. The normalized spacial score (nSPS) is 42.9. The van der Waals surface area contributed by atoms with Crippen molar-refractivity contribution >= 4 is 43.7 Å². The molecule has 2 saturated heterocycles. The summed E-state index contributed by atoms with van der Waals surface area (Å²) in [6.45, 7) is 18.4. The Morgan fingerprint density at radius 3 is 1.34 bits per heavy atom. The molecule has 0 radical (unpaired) electrons. The minimum absolute atomic E-state index is 0.0620. The highest BCUT2D eigenvalue weighted by Crippen LogP contribution is 2.80. The summed E-state index contributed by atoms with van der Waals surface area (Å²) in [7, 11) is 0.469. The molecule has 50 heavy (non-hydrogen) atoms. The van der Waals surface area contributed by atoms with Gasteiger partial charge in [0.25, 0.3) is 0 Å². The van der Waals surface area contributed by atoms with Crippen LogP contribution in [0.2, 0.25) is 39.3 Å². The van der Waals surface area contributed by atoms with Crippen molar-refractivity contribution in [3.05, 3.63) is 23.3 Å². The maximum atomic E-state index is 4.22. The van der Waals surface area contributed by atoms with E-state index in [0.717, 1.165) is 35.5 Å². The molecule has 3 unspecified atom stereocenters. The van der Waals surface area contributed by atoms with E-state index in [9.17, 15) is 0 Å². The molecule has 6 heteroatoms. The van der Waals surface area contributed by atoms with E-state index in [1.54, 1.807) is 77.0 Å². The average Bonchev–Trinajstić information content (AvgIpc) is 3.05. The van der Waals surface area contributed by atoms with Gasteiger partial charge in [-0.2, -0.15) is 0 Å². The van der Waals surface area contributed by atoms with Gasteiger partial charge >= 0.3 is 0 Å². The molecule has 2 N–H and O–H groups in total. The molecule has 11 rings (SSSR count). The third kappa shape index (κ3) is 6.21. The topological polar surface area (TPSA) is 24.1 Å². The van der Waals surface area contributed by atoms with Crippen LogP contribution >= 0.6 is 17.2 Å². The number of piperidine rings is 2. The smallest absolute Gasteiger partial charge is 0.0774 e. The number of rotatable bonds is 9. The molecule has 2 aliphatic heterocycles. The molecule has 2 heterocycles. The highest BCUT2D eigenvalue weighted by Gasteiger charge is 2.63. The Balaban J connectivity index is 1.24. The second-order valence-electron chi connectivity index (χ2n) is 22.4. The molecule has 10 aliphatic rings. The van der Waals surface area contributed by atoms with Crippen molar-refractivity contribution in [2.24, 2.45) is 35.5 Å². The Kier molecular flexibility index (Phi) is 9.39. The zero-order chi connectivity index (χ0) is 34.7. The van der Waals surface area contributed by atoms with Crippen LogP contribution in [-0.4, -0.2) is 51.6 Å². The molecule has 1 aromatic carbocycles. The van der Waals surface area contributed by atoms with Crippen LogP contribution in [0.25, 0.3) is 0 Å². The SMILES string of the molecule is C[Si](C)(C)c1cc(CP(C23CC4CC(CC(C4)C2)C3)C23CC4CC(CC(C4)C2)C3)c(C(P)(C2CCCCN2)C2CCCCN2)cc1[Si](C)(C)C. The summed E-state index contributed by atoms with van der Waals surface area (Å²) in [5.41, 5.74) is 3.68. The maximum Gasteiger partial charge on any atom is 0.0774 e. The molecular formula is C44H74N2P2Si2. The van der Waals surface area contributed by atoms with Gasteiger partial charge in [0, 0.05) is 17.2 Å². The third-order valence-corrected chi connectivity index (χ3v) is 26.1. The highest BCUT2D eigenvalue weighted by molar-refractivity contribution is 7.60. The number of nitrogens with one attached hydrogen (secondary N) is 2. The molecular weight excluding hydrogens is 675 g/mol. The van der Waals surface area contributed by atoms with E-state index in [-0.39, 0.29) is 13.1 Å². The second kappa shape index (κ2) is 13.0. The average molecular weight is 749 g/mol. The fourth-order valence-corrected chi connectivity index (χ4v) is 26.5. The first-order valence-electron chi connectivity index (χ1n) is 22.0. The molecule has 8 bridgehead atoms. The maximum absolute atomic E-state index is 4.22. The van der Waals surface area contributed by atoms with Crippen molar-refractivity contribution in [3.8, 4) is 0 Å². The van der Waals surface area contributed by atoms with Crippen LogP contribution in [-0.2, 0) is 11.3 Å². The summed E-state index contributed by atoms with van der Waals surface area (Å²) in [6.07, 6.45) is 28.9. The first-order chi connectivity index (χ1) is 23.7. The second-order valence-corrected chi connectivity index (χ2v) is 36.5. The van der Waals surface area contributed by atoms with Gasteiger partial charge in [0.15, 0.2) is 0 Å². The predicted octanol–water partition coefficient (Wildman–Crippen LogP) is 10.1. The van der Waals surface area contributed by atoms with Crippen LogP contribution in [0.15, 0.2) is 12.1 Å². The molecule has 1 aromatic rings. The first kappa shape index (κ1) is 36.1. The van der Waals surface area contributed by atoms with E-state index in [1.165, 1.54) is 57.8 Å². The molecule has 8 aliphatic carbocycles. The summed E-state index contributed by atoms with van der Waals surface area (Å²) in [5.74, 6) is 6.36. The molecule has 10 fully saturated rings. The van der Waals surface area contributed by atoms with E-state index in [4.69, 9.17) is 0 Å². The first-order valence-corrected chi connectivity index (χ1v) is 31.1. The van der Waals surface area contributed by atoms with Gasteiger partial charge in [-0.15, -0.1) is 9.24 Å². The molecule has 0 spiro atoms. The van der Waals surface area contributed by atoms with Gasteiger partial charge in [0.2, 0.25) is 0 Å². The number of hydrogen-bond donors (Lipinski definition) is 2. The largest absolute Gasteiger partial charge is 0.313 e. The number of hydrogen-bond acceptors (Lipinski definition) is 2. The summed E-state index contributed by atoms with van der Waals surface area (Å²) >= 11 is 0. The van der Waals surface area contributed by atoms with Crippen LogP contribution in [0.5, 0.6) is 0 Å². The van der Waals surface area contributed by atoms with Gasteiger partial charge in [-0.05, 0) is 179 Å². The van der Waals surface area contributed by atoms with Gasteiger partial charge < -0.3 is 10.6 Å². The van der Waals surface area contributed by atoms with Gasteiger partial charge in [0.1, 0.15) is 0 Å². The zero-order valence-electron chi connectivity index (χ0n) is 33.1. The van der Waals surface area contributed by atoms with Gasteiger partial charge in [-0.25, -0.2) is 0 Å². The van der Waals surface area contributed by atoms with Crippen molar-refractivity contribution in [1.82, 2.24) is 10.6 Å². The quantitative estimate of drug-likeness (QED) is 0.194. The van der Waals surface area contributed by atoms with Crippen LogP contribution in [0.4, 0.5) is 0 Å². The van der Waals surface area contributed by atoms with Crippen molar-refractivity contribution in [2.45, 2.75) is 189 Å². The van der Waals surface area contributed by atoms with Gasteiger partial charge in [0.05, 0.1) is 16.1 Å². The lowest BCUT2D eigenvalue weighted by Gasteiger charge is -2.67. The Morgan fingerprint density at radius 1 is 0.620 bits per heavy atom. The lowest BCUT2D eigenvalue weighted by atomic mass is 9.55. The molecule has 3 atom stereocenters. The van der Waals surface area contributed by atoms with Crippen molar-refractivity contribution in [3.63, 3.8) is 0 Å². The molecule has 8 saturated carbocycles. The van der Waals surface area contributed by atoms with Crippen molar-refractivity contribution in [2.75, 3.05) is 13.1 Å². The Hall–Kier alpha value is 0.434. The van der Waals surface area contributed by atoms with Crippen LogP contribution in [0.3, 0.4) is 0 Å². The van der Waals surface area contributed by atoms with E-state index in [0.29, 0.717) is 22.4 Å². The monoisotopic (exact) mass is 748 g/mol. The summed E-state index contributed by atoms with van der Waals surface area (Å²) in [4.78, 5) is 0. The standard InChI is InChI=1S/C44H74N2P2Si2/c1-49(2,3)38-21-36(37(22-39(38)50(4,5)6)44(47,40-11-7-9-13-45-40)41-12-8-10-14-46-41)29-48(42-23-30-15-31(24-42)17-32(16-30)25-42)43-26-33-18-34(27-43)20-35(19-33)28-43/h21-22,30-35,40-41,45-46H,7-20,23-29,47H2,1-6H3. The lowest BCUT2D eigenvalue weighted by molar-refractivity contribution is 0.0184. The fraction of sp³-hybridized carbons (Fsp3) is 0.864. The molecule has 0 aromatic heterocycles. The molecule has 0 amide bonds. The fourth-order valence-electron chi connectivity index (χ4n) is 15.4. The third-order valence-electron chi connectivity index (χ3n) is 16.6. The Bertz CT molecular complexity index is 1300. The minimum Gasteiger partial charge on any atom is -0.313 e. The van der Waals surface area contributed by atoms with Crippen molar-refractivity contribution < 1.29 is 0 Å². The van der Waals surface area contributed by atoms with Gasteiger partial charge in [-0.1, -0.05) is 82.6 Å². The van der Waals surface area contributed by atoms with E-state index in [2.05, 4.69) is 71.3 Å². The molecule has 278 valence electrons. The number of benzene rings is 1. The van der Waals surface area contributed by atoms with Crippen molar-refractivity contribution in [1.29, 1.82) is 0 Å². The van der Waals surface area contributed by atoms with Gasteiger partial charge in [-0.3, -0.25) is 0 Å². The summed E-state index contributed by atoms with van der Waals surface area (Å²) in [5, 5.41) is 13.5. The summed E-state index contributed by atoms with van der Waals surface area (Å²) in [6, 6.07) is 7.05. The summed E-state index contributed by atoms with van der Waals surface area (Å²) < 4.78 is 0.